The smallest absolute Gasteiger partial charge is 0.355 e. The molecule has 14 heavy (non-hydrogen) atoms. The molecule has 1 aliphatic rings. The van der Waals surface area contributed by atoms with Crippen LogP contribution in [-0.2, 0) is 6.42 Å². The van der Waals surface area contributed by atoms with Gasteiger partial charge in [-0.2, -0.15) is 11.8 Å². The molecular formula is C9H11NO2S2. The van der Waals surface area contributed by atoms with Crippen LogP contribution in [0.2, 0.25) is 0 Å². The molecular weight excluding hydrogens is 218 g/mol. The summed E-state index contributed by atoms with van der Waals surface area (Å²) in [6.45, 7) is 0. The highest BCUT2D eigenvalue weighted by Crippen LogP contribution is 2.27. The summed E-state index contributed by atoms with van der Waals surface area (Å²) < 4.78 is 0. The Morgan fingerprint density at radius 2 is 2.57 bits per heavy atom. The Labute approximate surface area is 90.6 Å². The van der Waals surface area contributed by atoms with Gasteiger partial charge in [0, 0.05) is 11.8 Å². The second-order valence-corrected chi connectivity index (χ2v) is 5.46. The van der Waals surface area contributed by atoms with Gasteiger partial charge in [-0.15, -0.1) is 11.3 Å². The zero-order valence-electron chi connectivity index (χ0n) is 7.60. The highest BCUT2D eigenvalue weighted by atomic mass is 32.2. The van der Waals surface area contributed by atoms with Gasteiger partial charge in [-0.3, -0.25) is 0 Å². The summed E-state index contributed by atoms with van der Waals surface area (Å²) >= 11 is 3.44. The fourth-order valence-electron chi connectivity index (χ4n) is 1.49. The van der Waals surface area contributed by atoms with Gasteiger partial charge in [0.05, 0.1) is 5.01 Å². The van der Waals surface area contributed by atoms with Crippen LogP contribution in [-0.4, -0.2) is 27.6 Å². The summed E-state index contributed by atoms with van der Waals surface area (Å²) in [6, 6.07) is 0. The minimum Gasteiger partial charge on any atom is -0.476 e. The monoisotopic (exact) mass is 229 g/mol. The Morgan fingerprint density at radius 3 is 3.14 bits per heavy atom. The third kappa shape index (κ3) is 2.27. The van der Waals surface area contributed by atoms with Crippen LogP contribution in [0.5, 0.6) is 0 Å². The van der Waals surface area contributed by atoms with E-state index >= 15 is 0 Å². The molecule has 2 rings (SSSR count). The number of carboxylic acid groups (broad SMARTS) is 1. The molecule has 1 saturated heterocycles. The van der Waals surface area contributed by atoms with Gasteiger partial charge < -0.3 is 5.11 Å². The molecule has 1 fully saturated rings. The molecule has 0 aromatic carbocycles. The van der Waals surface area contributed by atoms with Gasteiger partial charge in [0.1, 0.15) is 0 Å². The zero-order valence-corrected chi connectivity index (χ0v) is 9.24. The van der Waals surface area contributed by atoms with Crippen molar-refractivity contribution in [3.8, 4) is 0 Å². The van der Waals surface area contributed by atoms with E-state index < -0.39 is 5.97 Å². The Kier molecular flexibility index (Phi) is 3.08. The molecule has 76 valence electrons. The van der Waals surface area contributed by atoms with Crippen LogP contribution in [0.4, 0.5) is 0 Å². The van der Waals surface area contributed by atoms with E-state index in [0.717, 1.165) is 11.4 Å². The summed E-state index contributed by atoms with van der Waals surface area (Å²) in [7, 11) is 0. The first-order valence-electron chi connectivity index (χ1n) is 4.51. The number of hydrogen-bond donors (Lipinski definition) is 1. The molecule has 1 aliphatic heterocycles. The normalized spacial score (nSPS) is 21.3. The second-order valence-electron chi connectivity index (χ2n) is 3.37. The molecule has 1 N–H and O–H groups in total. The molecule has 3 nitrogen and oxygen atoms in total. The number of carbonyl (C=O) groups is 1. The van der Waals surface area contributed by atoms with E-state index in [0.29, 0.717) is 5.92 Å². The highest BCUT2D eigenvalue weighted by Gasteiger charge is 2.18. The standard InChI is InChI=1S/C9H11NO2S2/c11-9(12)7-5-14-8(10-7)3-6-1-2-13-4-6/h5-6H,1-4H2,(H,11,12). The average Bonchev–Trinajstić information content (AvgIpc) is 2.75. The lowest BCUT2D eigenvalue weighted by molar-refractivity contribution is 0.0691. The number of aromatic nitrogens is 1. The third-order valence-corrected chi connectivity index (χ3v) is 4.36. The maximum Gasteiger partial charge on any atom is 0.355 e. The number of aromatic carboxylic acids is 1. The minimum absolute atomic E-state index is 0.190. The van der Waals surface area contributed by atoms with E-state index in [1.54, 1.807) is 5.38 Å². The van der Waals surface area contributed by atoms with Gasteiger partial charge in [-0.25, -0.2) is 9.78 Å². The van der Waals surface area contributed by atoms with Crippen molar-refractivity contribution >= 4 is 29.1 Å². The van der Waals surface area contributed by atoms with Crippen LogP contribution < -0.4 is 0 Å². The van der Waals surface area contributed by atoms with Crippen molar-refractivity contribution < 1.29 is 9.90 Å². The van der Waals surface area contributed by atoms with Crippen molar-refractivity contribution in [1.29, 1.82) is 0 Å². The van der Waals surface area contributed by atoms with E-state index in [4.69, 9.17) is 5.11 Å². The zero-order chi connectivity index (χ0) is 9.97. The van der Waals surface area contributed by atoms with E-state index in [-0.39, 0.29) is 5.69 Å². The minimum atomic E-state index is -0.923. The van der Waals surface area contributed by atoms with Gasteiger partial charge in [-0.05, 0) is 23.8 Å². The molecule has 1 atom stereocenters. The number of carboxylic acids is 1. The molecule has 1 unspecified atom stereocenters. The Morgan fingerprint density at radius 1 is 1.71 bits per heavy atom. The SMILES string of the molecule is O=C(O)c1csc(CC2CCSC2)n1. The largest absolute Gasteiger partial charge is 0.476 e. The second kappa shape index (κ2) is 4.31. The molecule has 1 aromatic rings. The fourth-order valence-corrected chi connectivity index (χ4v) is 3.66. The molecule has 0 amide bonds. The van der Waals surface area contributed by atoms with Crippen LogP contribution in [0.15, 0.2) is 5.38 Å². The summed E-state index contributed by atoms with van der Waals surface area (Å²) in [4.78, 5) is 14.7. The van der Waals surface area contributed by atoms with E-state index in [2.05, 4.69) is 4.98 Å². The Bertz CT molecular complexity index is 331. The first-order chi connectivity index (χ1) is 6.75. The molecule has 0 spiro atoms. The summed E-state index contributed by atoms with van der Waals surface area (Å²) in [6.07, 6.45) is 2.19. The van der Waals surface area contributed by atoms with Crippen LogP contribution in [0.3, 0.4) is 0 Å². The summed E-state index contributed by atoms with van der Waals surface area (Å²) in [5.41, 5.74) is 0.190. The number of thioether (sulfide) groups is 1. The van der Waals surface area contributed by atoms with Crippen LogP contribution in [0.1, 0.15) is 21.9 Å². The van der Waals surface area contributed by atoms with Crippen molar-refractivity contribution in [2.24, 2.45) is 5.92 Å². The first-order valence-corrected chi connectivity index (χ1v) is 6.54. The van der Waals surface area contributed by atoms with Crippen LogP contribution >= 0.6 is 23.1 Å². The fraction of sp³-hybridized carbons (Fsp3) is 0.556. The quantitative estimate of drug-likeness (QED) is 0.862. The molecule has 0 bridgehead atoms. The Hall–Kier alpha value is -0.550. The lowest BCUT2D eigenvalue weighted by Gasteiger charge is -2.03. The Balaban J connectivity index is 1.98. The number of hydrogen-bond acceptors (Lipinski definition) is 4. The lowest BCUT2D eigenvalue weighted by Crippen LogP contribution is -2.03. The van der Waals surface area contributed by atoms with E-state index in [9.17, 15) is 4.79 Å². The van der Waals surface area contributed by atoms with E-state index in [1.165, 1.54) is 29.3 Å². The van der Waals surface area contributed by atoms with Crippen molar-refractivity contribution in [1.82, 2.24) is 4.98 Å². The number of rotatable bonds is 3. The van der Waals surface area contributed by atoms with Gasteiger partial charge in [0.2, 0.25) is 0 Å². The molecule has 0 aliphatic carbocycles. The predicted octanol–water partition coefficient (Wildman–Crippen LogP) is 2.14. The molecule has 5 heteroatoms. The van der Waals surface area contributed by atoms with Crippen LogP contribution in [0.25, 0.3) is 0 Å². The van der Waals surface area contributed by atoms with Gasteiger partial charge in [0.15, 0.2) is 5.69 Å². The van der Waals surface area contributed by atoms with E-state index in [1.807, 2.05) is 11.8 Å². The molecule has 0 saturated carbocycles. The van der Waals surface area contributed by atoms with Crippen LogP contribution in [0, 0.1) is 5.92 Å². The average molecular weight is 229 g/mol. The molecule has 0 radical (unpaired) electrons. The van der Waals surface area contributed by atoms with Crippen molar-refractivity contribution in [2.45, 2.75) is 12.8 Å². The van der Waals surface area contributed by atoms with Gasteiger partial charge in [0.25, 0.3) is 0 Å². The van der Waals surface area contributed by atoms with Crippen molar-refractivity contribution in [2.75, 3.05) is 11.5 Å². The predicted molar refractivity (Wildman–Crippen MR) is 58.2 cm³/mol. The molecule has 2 heterocycles. The topological polar surface area (TPSA) is 50.2 Å². The maximum absolute atomic E-state index is 10.6. The molecule has 1 aromatic heterocycles. The lowest BCUT2D eigenvalue weighted by atomic mass is 10.1. The number of nitrogens with zero attached hydrogens (tertiary/aromatic N) is 1. The maximum atomic E-state index is 10.6. The van der Waals surface area contributed by atoms with Gasteiger partial charge in [-0.1, -0.05) is 0 Å². The number of thiazole rings is 1. The third-order valence-electron chi connectivity index (χ3n) is 2.26. The first kappa shape index (κ1) is 9.98. The summed E-state index contributed by atoms with van der Waals surface area (Å²) in [5, 5.41) is 11.3. The van der Waals surface area contributed by atoms with Crippen molar-refractivity contribution in [3.05, 3.63) is 16.1 Å². The van der Waals surface area contributed by atoms with Gasteiger partial charge >= 0.3 is 5.97 Å². The highest BCUT2D eigenvalue weighted by molar-refractivity contribution is 7.99. The van der Waals surface area contributed by atoms with Crippen molar-refractivity contribution in [3.63, 3.8) is 0 Å². The summed E-state index contributed by atoms with van der Waals surface area (Å²) in [5.74, 6) is 2.21.